The number of nitrogens with one attached hydrogen (secondary N) is 1. The summed E-state index contributed by atoms with van der Waals surface area (Å²) in [5.74, 6) is 1.90. The van der Waals surface area contributed by atoms with Crippen LogP contribution in [0.3, 0.4) is 0 Å². The van der Waals surface area contributed by atoms with Gasteiger partial charge in [0.2, 0.25) is 0 Å². The Morgan fingerprint density at radius 3 is 3.16 bits per heavy atom. The molecule has 1 aliphatic rings. The molecule has 0 bridgehead atoms. The molecule has 102 valence electrons. The second-order valence-corrected chi connectivity index (χ2v) is 5.13. The van der Waals surface area contributed by atoms with Crippen LogP contribution < -0.4 is 10.2 Å². The molecule has 1 saturated heterocycles. The van der Waals surface area contributed by atoms with Gasteiger partial charge in [-0.2, -0.15) is 5.26 Å². The molecule has 2 atom stereocenters. The van der Waals surface area contributed by atoms with Crippen LogP contribution in [0, 0.1) is 17.2 Å². The Morgan fingerprint density at radius 1 is 1.58 bits per heavy atom. The molecule has 2 unspecified atom stereocenters. The van der Waals surface area contributed by atoms with E-state index in [2.05, 4.69) is 40.1 Å². The highest BCUT2D eigenvalue weighted by atomic mass is 15.2. The van der Waals surface area contributed by atoms with Crippen molar-refractivity contribution in [2.45, 2.75) is 39.2 Å². The highest BCUT2D eigenvalue weighted by Crippen LogP contribution is 2.22. The number of hydrogen-bond acceptors (Lipinski definition) is 5. The van der Waals surface area contributed by atoms with Gasteiger partial charge in [0, 0.05) is 25.2 Å². The second kappa shape index (κ2) is 6.37. The average Bonchev–Trinajstić information content (AvgIpc) is 2.47. The van der Waals surface area contributed by atoms with Crippen LogP contribution >= 0.6 is 0 Å². The van der Waals surface area contributed by atoms with Crippen molar-refractivity contribution >= 4 is 11.6 Å². The molecule has 1 aliphatic heterocycles. The van der Waals surface area contributed by atoms with Crippen molar-refractivity contribution in [2.24, 2.45) is 5.92 Å². The summed E-state index contributed by atoms with van der Waals surface area (Å²) in [5.41, 5.74) is 0. The fraction of sp³-hybridized carbons (Fsp3) is 0.643. The third kappa shape index (κ3) is 3.57. The molecule has 2 heterocycles. The molecule has 1 aromatic heterocycles. The van der Waals surface area contributed by atoms with Crippen molar-refractivity contribution in [3.63, 3.8) is 0 Å². The number of rotatable bonds is 4. The zero-order chi connectivity index (χ0) is 13.7. The molecule has 0 aliphatic carbocycles. The summed E-state index contributed by atoms with van der Waals surface area (Å²) in [4.78, 5) is 10.8. The molecule has 5 heteroatoms. The molecule has 0 amide bonds. The highest BCUT2D eigenvalue weighted by molar-refractivity contribution is 5.49. The third-order valence-electron chi connectivity index (χ3n) is 3.59. The number of nitrogens with zero attached hydrogens (tertiary/aromatic N) is 4. The van der Waals surface area contributed by atoms with Crippen molar-refractivity contribution in [2.75, 3.05) is 23.3 Å². The maximum Gasteiger partial charge on any atom is 0.134 e. The monoisotopic (exact) mass is 259 g/mol. The van der Waals surface area contributed by atoms with Crippen molar-refractivity contribution in [3.8, 4) is 6.07 Å². The van der Waals surface area contributed by atoms with Gasteiger partial charge in [0.15, 0.2) is 0 Å². The summed E-state index contributed by atoms with van der Waals surface area (Å²) < 4.78 is 0. The molecule has 0 spiro atoms. The highest BCUT2D eigenvalue weighted by Gasteiger charge is 2.20. The SMILES string of the molecule is CCC(C)Nc1cc(N2CCCC(C#N)C2)ncn1. The van der Waals surface area contributed by atoms with Gasteiger partial charge in [-0.15, -0.1) is 0 Å². The average molecular weight is 259 g/mol. The Bertz CT molecular complexity index is 453. The first-order valence-corrected chi connectivity index (χ1v) is 6.96. The summed E-state index contributed by atoms with van der Waals surface area (Å²) in [6.45, 7) is 6.02. The van der Waals surface area contributed by atoms with E-state index in [0.29, 0.717) is 6.04 Å². The van der Waals surface area contributed by atoms with Crippen LogP contribution in [-0.2, 0) is 0 Å². The smallest absolute Gasteiger partial charge is 0.134 e. The van der Waals surface area contributed by atoms with E-state index in [1.807, 2.05) is 6.07 Å². The minimum absolute atomic E-state index is 0.120. The molecular formula is C14H21N5. The number of piperidine rings is 1. The van der Waals surface area contributed by atoms with Crippen LogP contribution in [0.2, 0.25) is 0 Å². The predicted octanol–water partition coefficient (Wildman–Crippen LogP) is 2.43. The summed E-state index contributed by atoms with van der Waals surface area (Å²) in [6, 6.07) is 4.74. The summed E-state index contributed by atoms with van der Waals surface area (Å²) in [7, 11) is 0. The van der Waals surface area contributed by atoms with Gasteiger partial charge in [-0.1, -0.05) is 6.92 Å². The van der Waals surface area contributed by atoms with Gasteiger partial charge in [0.05, 0.1) is 12.0 Å². The van der Waals surface area contributed by atoms with E-state index in [1.54, 1.807) is 6.33 Å². The second-order valence-electron chi connectivity index (χ2n) is 5.13. The zero-order valence-electron chi connectivity index (χ0n) is 11.6. The van der Waals surface area contributed by atoms with E-state index in [9.17, 15) is 0 Å². The fourth-order valence-corrected chi connectivity index (χ4v) is 2.24. The van der Waals surface area contributed by atoms with E-state index in [0.717, 1.165) is 44.0 Å². The molecule has 0 radical (unpaired) electrons. The quantitative estimate of drug-likeness (QED) is 0.899. The molecule has 2 rings (SSSR count). The minimum Gasteiger partial charge on any atom is -0.367 e. The first-order chi connectivity index (χ1) is 9.22. The maximum absolute atomic E-state index is 9.04. The van der Waals surface area contributed by atoms with Crippen LogP contribution in [0.4, 0.5) is 11.6 Å². The number of hydrogen-bond donors (Lipinski definition) is 1. The van der Waals surface area contributed by atoms with Gasteiger partial charge < -0.3 is 10.2 Å². The Hall–Kier alpha value is -1.83. The van der Waals surface area contributed by atoms with E-state index < -0.39 is 0 Å². The molecule has 19 heavy (non-hydrogen) atoms. The zero-order valence-corrected chi connectivity index (χ0v) is 11.6. The van der Waals surface area contributed by atoms with Crippen LogP contribution in [0.1, 0.15) is 33.1 Å². The molecular weight excluding hydrogens is 238 g/mol. The lowest BCUT2D eigenvalue weighted by Crippen LogP contribution is -2.35. The molecule has 1 fully saturated rings. The van der Waals surface area contributed by atoms with Crippen LogP contribution in [0.5, 0.6) is 0 Å². The first kappa shape index (κ1) is 13.6. The lowest BCUT2D eigenvalue weighted by molar-refractivity contribution is 0.490. The van der Waals surface area contributed by atoms with Gasteiger partial charge in [-0.05, 0) is 26.2 Å². The predicted molar refractivity (Wildman–Crippen MR) is 76.0 cm³/mol. The Balaban J connectivity index is 2.08. The van der Waals surface area contributed by atoms with Crippen LogP contribution in [0.15, 0.2) is 12.4 Å². The van der Waals surface area contributed by atoms with E-state index in [4.69, 9.17) is 5.26 Å². The van der Waals surface area contributed by atoms with Gasteiger partial charge in [0.25, 0.3) is 0 Å². The van der Waals surface area contributed by atoms with Crippen molar-refractivity contribution in [1.29, 1.82) is 5.26 Å². The van der Waals surface area contributed by atoms with E-state index in [1.165, 1.54) is 0 Å². The maximum atomic E-state index is 9.04. The first-order valence-electron chi connectivity index (χ1n) is 6.96. The Kier molecular flexibility index (Phi) is 4.56. The topological polar surface area (TPSA) is 64.8 Å². The van der Waals surface area contributed by atoms with Crippen LogP contribution in [-0.4, -0.2) is 29.1 Å². The molecule has 5 nitrogen and oxygen atoms in total. The normalized spacial score (nSPS) is 20.7. The largest absolute Gasteiger partial charge is 0.367 e. The molecule has 0 aromatic carbocycles. The van der Waals surface area contributed by atoms with Gasteiger partial charge in [-0.25, -0.2) is 9.97 Å². The minimum atomic E-state index is 0.120. The van der Waals surface area contributed by atoms with Gasteiger partial charge >= 0.3 is 0 Å². The van der Waals surface area contributed by atoms with Crippen molar-refractivity contribution < 1.29 is 0 Å². The lowest BCUT2D eigenvalue weighted by Gasteiger charge is -2.30. The molecule has 1 aromatic rings. The fourth-order valence-electron chi connectivity index (χ4n) is 2.24. The van der Waals surface area contributed by atoms with Gasteiger partial charge in [0.1, 0.15) is 18.0 Å². The van der Waals surface area contributed by atoms with Crippen molar-refractivity contribution in [1.82, 2.24) is 9.97 Å². The van der Waals surface area contributed by atoms with Crippen molar-refractivity contribution in [3.05, 3.63) is 12.4 Å². The molecule has 0 saturated carbocycles. The number of nitriles is 1. The number of aromatic nitrogens is 2. The molecule has 1 N–H and O–H groups in total. The van der Waals surface area contributed by atoms with Crippen LogP contribution in [0.25, 0.3) is 0 Å². The Morgan fingerprint density at radius 2 is 2.42 bits per heavy atom. The summed E-state index contributed by atoms with van der Waals surface area (Å²) >= 11 is 0. The number of anilines is 2. The summed E-state index contributed by atoms with van der Waals surface area (Å²) in [5, 5.41) is 12.4. The van der Waals surface area contributed by atoms with E-state index >= 15 is 0 Å². The van der Waals surface area contributed by atoms with Gasteiger partial charge in [-0.3, -0.25) is 0 Å². The Labute approximate surface area is 114 Å². The summed E-state index contributed by atoms with van der Waals surface area (Å²) in [6.07, 6.45) is 4.70. The van der Waals surface area contributed by atoms with E-state index in [-0.39, 0.29) is 5.92 Å². The lowest BCUT2D eigenvalue weighted by atomic mass is 10.00. The third-order valence-corrected chi connectivity index (χ3v) is 3.59. The standard InChI is InChI=1S/C14H21N5/c1-3-11(2)18-13-7-14(17-10-16-13)19-6-4-5-12(8-15)9-19/h7,10-12H,3-6,9H2,1-2H3,(H,16,17,18).